The van der Waals surface area contributed by atoms with Crippen molar-refractivity contribution in [3.8, 4) is 0 Å². The molecular weight excluding hydrogens is 427 g/mol. The molecule has 29 heavy (non-hydrogen) atoms. The van der Waals surface area contributed by atoms with E-state index in [1.165, 1.54) is 5.56 Å². The minimum absolute atomic E-state index is 0.0598. The third-order valence-corrected chi connectivity index (χ3v) is 6.20. The summed E-state index contributed by atoms with van der Waals surface area (Å²) in [6.07, 6.45) is 0.364. The molecule has 2 amide bonds. The maximum atomic E-state index is 12.9. The van der Waals surface area contributed by atoms with E-state index in [9.17, 15) is 9.59 Å². The number of carbonyl (C=O) groups is 2. The van der Waals surface area contributed by atoms with Gasteiger partial charge in [0.05, 0.1) is 10.0 Å². The monoisotopic (exact) mass is 452 g/mol. The number of carbonyl (C=O) groups excluding carboxylic acids is 2. The highest BCUT2D eigenvalue weighted by molar-refractivity contribution is 7.98. The van der Waals surface area contributed by atoms with Gasteiger partial charge in [-0.1, -0.05) is 59.6 Å². The molecule has 0 saturated carbocycles. The van der Waals surface area contributed by atoms with Gasteiger partial charge in [0.25, 0.3) is 0 Å². The van der Waals surface area contributed by atoms with Crippen LogP contribution in [-0.2, 0) is 21.9 Å². The number of thioether (sulfide) groups is 1. The number of nitrogens with zero attached hydrogens (tertiary/aromatic N) is 1. The summed E-state index contributed by atoms with van der Waals surface area (Å²) in [7, 11) is 0. The Hall–Kier alpha value is -1.69. The summed E-state index contributed by atoms with van der Waals surface area (Å²) < 4.78 is 0. The minimum Gasteiger partial charge on any atom is -0.355 e. The van der Waals surface area contributed by atoms with E-state index >= 15 is 0 Å². The maximum Gasteiger partial charge on any atom is 0.242 e. The lowest BCUT2D eigenvalue weighted by Crippen LogP contribution is -2.47. The van der Waals surface area contributed by atoms with Gasteiger partial charge in [-0.15, -0.1) is 0 Å². The highest BCUT2D eigenvalue weighted by Gasteiger charge is 2.25. The third-order valence-electron chi connectivity index (χ3n) is 4.43. The lowest BCUT2D eigenvalue weighted by molar-refractivity contribution is -0.140. The topological polar surface area (TPSA) is 49.4 Å². The van der Waals surface area contributed by atoms with Gasteiger partial charge in [0.15, 0.2) is 0 Å². The standard InChI is InChI=1S/C22H26Cl2N2O2S/c1-3-25-22(28)16(2)26(14-18-9-10-19(23)20(24)13-18)21(27)11-12-29-15-17-7-5-4-6-8-17/h4-10,13,16H,3,11-12,14-15H2,1-2H3,(H,25,28)/t16-/m1/s1. The fraction of sp³-hybridized carbons (Fsp3) is 0.364. The van der Waals surface area contributed by atoms with Crippen LogP contribution in [0.4, 0.5) is 0 Å². The lowest BCUT2D eigenvalue weighted by atomic mass is 10.1. The molecule has 0 radical (unpaired) electrons. The molecule has 0 aromatic heterocycles. The average Bonchev–Trinajstić information content (AvgIpc) is 2.72. The third kappa shape index (κ3) is 7.57. The Bertz CT molecular complexity index is 818. The van der Waals surface area contributed by atoms with Crippen LogP contribution in [0.15, 0.2) is 48.5 Å². The quantitative estimate of drug-likeness (QED) is 0.505. The highest BCUT2D eigenvalue weighted by Crippen LogP contribution is 2.24. The van der Waals surface area contributed by atoms with Crippen LogP contribution >= 0.6 is 35.0 Å². The molecule has 1 atom stereocenters. The van der Waals surface area contributed by atoms with Gasteiger partial charge < -0.3 is 10.2 Å². The van der Waals surface area contributed by atoms with Gasteiger partial charge in [-0.3, -0.25) is 9.59 Å². The zero-order valence-corrected chi connectivity index (χ0v) is 19.0. The smallest absolute Gasteiger partial charge is 0.242 e. The molecule has 0 aliphatic carbocycles. The van der Waals surface area contributed by atoms with E-state index in [4.69, 9.17) is 23.2 Å². The molecule has 0 unspecified atom stereocenters. The second-order valence-corrected chi connectivity index (χ2v) is 8.55. The summed E-state index contributed by atoms with van der Waals surface area (Å²) in [5, 5.41) is 3.68. The molecule has 0 bridgehead atoms. The molecule has 2 aromatic rings. The molecule has 1 N–H and O–H groups in total. The summed E-state index contributed by atoms with van der Waals surface area (Å²) in [5.41, 5.74) is 2.06. The molecule has 2 aromatic carbocycles. The Kier molecular flexibility index (Phi) is 9.85. The fourth-order valence-electron chi connectivity index (χ4n) is 2.81. The SMILES string of the molecule is CCNC(=O)[C@@H](C)N(Cc1ccc(Cl)c(Cl)c1)C(=O)CCSCc1ccccc1. The van der Waals surface area contributed by atoms with Crippen molar-refractivity contribution in [1.82, 2.24) is 10.2 Å². The van der Waals surface area contributed by atoms with Crippen molar-refractivity contribution in [1.29, 1.82) is 0 Å². The first-order valence-electron chi connectivity index (χ1n) is 9.55. The van der Waals surface area contributed by atoms with Crippen LogP contribution < -0.4 is 5.32 Å². The molecule has 7 heteroatoms. The molecule has 0 saturated heterocycles. The van der Waals surface area contributed by atoms with Crippen LogP contribution in [0.2, 0.25) is 10.0 Å². The van der Waals surface area contributed by atoms with Crippen LogP contribution in [0.1, 0.15) is 31.4 Å². The van der Waals surface area contributed by atoms with E-state index in [1.54, 1.807) is 35.7 Å². The molecule has 0 heterocycles. The summed E-state index contributed by atoms with van der Waals surface area (Å²) in [6, 6.07) is 14.8. The van der Waals surface area contributed by atoms with Crippen molar-refractivity contribution in [2.45, 2.75) is 38.6 Å². The van der Waals surface area contributed by atoms with Crippen molar-refractivity contribution >= 4 is 46.8 Å². The first-order chi connectivity index (χ1) is 13.9. The number of amides is 2. The van der Waals surface area contributed by atoms with Crippen molar-refractivity contribution in [3.05, 3.63) is 69.7 Å². The summed E-state index contributed by atoms with van der Waals surface area (Å²) in [4.78, 5) is 26.9. The average molecular weight is 453 g/mol. The van der Waals surface area contributed by atoms with E-state index < -0.39 is 6.04 Å². The Balaban J connectivity index is 2.01. The van der Waals surface area contributed by atoms with Crippen LogP contribution in [-0.4, -0.2) is 35.1 Å². The van der Waals surface area contributed by atoms with Crippen molar-refractivity contribution in [2.75, 3.05) is 12.3 Å². The van der Waals surface area contributed by atoms with Crippen LogP contribution in [0.5, 0.6) is 0 Å². The van der Waals surface area contributed by atoms with Crippen LogP contribution in [0, 0.1) is 0 Å². The lowest BCUT2D eigenvalue weighted by Gasteiger charge is -2.29. The Labute approximate surface area is 187 Å². The molecule has 0 fully saturated rings. The number of nitrogens with one attached hydrogen (secondary N) is 1. The van der Waals surface area contributed by atoms with Crippen LogP contribution in [0.25, 0.3) is 0 Å². The molecule has 0 aliphatic heterocycles. The summed E-state index contributed by atoms with van der Waals surface area (Å²) in [6.45, 7) is 4.43. The first kappa shape index (κ1) is 23.6. The van der Waals surface area contributed by atoms with Gasteiger partial charge in [-0.25, -0.2) is 0 Å². The fourth-order valence-corrected chi connectivity index (χ4v) is 4.02. The number of rotatable bonds is 10. The molecule has 0 aliphatic rings. The number of hydrogen-bond donors (Lipinski definition) is 1. The molecular formula is C22H26Cl2N2O2S. The van der Waals surface area contributed by atoms with Gasteiger partial charge in [0.1, 0.15) is 6.04 Å². The Morgan fingerprint density at radius 2 is 1.79 bits per heavy atom. The maximum absolute atomic E-state index is 12.9. The van der Waals surface area contributed by atoms with Crippen LogP contribution in [0.3, 0.4) is 0 Å². The van der Waals surface area contributed by atoms with E-state index in [-0.39, 0.29) is 11.8 Å². The van der Waals surface area contributed by atoms with E-state index in [0.29, 0.717) is 35.3 Å². The van der Waals surface area contributed by atoms with Gasteiger partial charge in [-0.05, 0) is 37.1 Å². The summed E-state index contributed by atoms with van der Waals surface area (Å²) in [5.74, 6) is 1.31. The zero-order chi connectivity index (χ0) is 21.2. The van der Waals surface area contributed by atoms with Crippen molar-refractivity contribution < 1.29 is 9.59 Å². The second kappa shape index (κ2) is 12.1. The molecule has 4 nitrogen and oxygen atoms in total. The minimum atomic E-state index is -0.573. The van der Waals surface area contributed by atoms with Crippen molar-refractivity contribution in [2.24, 2.45) is 0 Å². The number of hydrogen-bond acceptors (Lipinski definition) is 3. The van der Waals surface area contributed by atoms with Gasteiger partial charge >= 0.3 is 0 Å². The predicted octanol–water partition coefficient (Wildman–Crippen LogP) is 5.17. The Morgan fingerprint density at radius 1 is 1.07 bits per heavy atom. The molecule has 0 spiro atoms. The van der Waals surface area contributed by atoms with Gasteiger partial charge in [0, 0.05) is 31.0 Å². The second-order valence-electron chi connectivity index (χ2n) is 6.63. The highest BCUT2D eigenvalue weighted by atomic mass is 35.5. The van der Waals surface area contributed by atoms with E-state index in [2.05, 4.69) is 17.4 Å². The van der Waals surface area contributed by atoms with Gasteiger partial charge in [0.2, 0.25) is 11.8 Å². The number of benzene rings is 2. The van der Waals surface area contributed by atoms with Crippen molar-refractivity contribution in [3.63, 3.8) is 0 Å². The predicted molar refractivity (Wildman–Crippen MR) is 122 cm³/mol. The van der Waals surface area contributed by atoms with E-state index in [1.807, 2.05) is 31.2 Å². The molecule has 2 rings (SSSR count). The number of likely N-dealkylation sites (N-methyl/N-ethyl adjacent to an activating group) is 1. The first-order valence-corrected chi connectivity index (χ1v) is 11.5. The normalized spacial score (nSPS) is 11.7. The molecule has 156 valence electrons. The summed E-state index contributed by atoms with van der Waals surface area (Å²) >= 11 is 13.8. The largest absolute Gasteiger partial charge is 0.355 e. The zero-order valence-electron chi connectivity index (χ0n) is 16.7. The van der Waals surface area contributed by atoms with E-state index in [0.717, 1.165) is 11.3 Å². The number of halogens is 2. The Morgan fingerprint density at radius 3 is 2.45 bits per heavy atom. The van der Waals surface area contributed by atoms with Gasteiger partial charge in [-0.2, -0.15) is 11.8 Å².